The third kappa shape index (κ3) is 3.41. The molecule has 5 nitrogen and oxygen atoms in total. The molecule has 0 aromatic heterocycles. The summed E-state index contributed by atoms with van der Waals surface area (Å²) in [7, 11) is 0. The van der Waals surface area contributed by atoms with Gasteiger partial charge in [0.1, 0.15) is 0 Å². The van der Waals surface area contributed by atoms with E-state index in [0.29, 0.717) is 19.1 Å². The quantitative estimate of drug-likeness (QED) is 0.809. The Balaban J connectivity index is 1.49. The van der Waals surface area contributed by atoms with Gasteiger partial charge in [-0.2, -0.15) is 0 Å². The Morgan fingerprint density at radius 2 is 1.95 bits per heavy atom. The number of halogens is 2. The Hall–Kier alpha value is -0.790. The van der Waals surface area contributed by atoms with Crippen LogP contribution >= 0.6 is 0 Å². The van der Waals surface area contributed by atoms with Crippen molar-refractivity contribution in [2.45, 2.75) is 37.8 Å². The monoisotopic (exact) mass is 316 g/mol. The number of nitrogens with zero attached hydrogens (tertiary/aromatic N) is 3. The van der Waals surface area contributed by atoms with Crippen molar-refractivity contribution in [2.75, 3.05) is 52.4 Å². The molecule has 3 fully saturated rings. The van der Waals surface area contributed by atoms with E-state index < -0.39 is 12.0 Å². The van der Waals surface area contributed by atoms with Gasteiger partial charge in [-0.15, -0.1) is 0 Å². The summed E-state index contributed by atoms with van der Waals surface area (Å²) in [5, 5.41) is 2.67. The predicted octanol–water partition coefficient (Wildman–Crippen LogP) is 0.222. The highest BCUT2D eigenvalue weighted by Gasteiger charge is 2.44. The van der Waals surface area contributed by atoms with Gasteiger partial charge in [0, 0.05) is 51.7 Å². The number of nitrogens with one attached hydrogen (secondary N) is 1. The maximum absolute atomic E-state index is 13.2. The topological polar surface area (TPSA) is 38.8 Å². The molecule has 3 heterocycles. The lowest BCUT2D eigenvalue weighted by molar-refractivity contribution is -0.132. The number of carbonyl (C=O) groups is 1. The second-order valence-corrected chi connectivity index (χ2v) is 6.69. The fourth-order valence-corrected chi connectivity index (χ4v) is 3.80. The Morgan fingerprint density at radius 3 is 2.55 bits per heavy atom. The Morgan fingerprint density at radius 1 is 1.23 bits per heavy atom. The van der Waals surface area contributed by atoms with Gasteiger partial charge in [0.25, 0.3) is 5.92 Å². The molecule has 1 amide bonds. The van der Waals surface area contributed by atoms with Crippen molar-refractivity contribution < 1.29 is 13.6 Å². The number of alkyl halides is 2. The van der Waals surface area contributed by atoms with Crippen molar-refractivity contribution in [3.05, 3.63) is 0 Å². The molecule has 3 rings (SSSR count). The van der Waals surface area contributed by atoms with E-state index in [2.05, 4.69) is 22.0 Å². The fourth-order valence-electron chi connectivity index (χ4n) is 3.80. The zero-order valence-electron chi connectivity index (χ0n) is 13.2. The molecule has 7 heteroatoms. The highest BCUT2D eigenvalue weighted by atomic mass is 19.3. The first-order valence-electron chi connectivity index (χ1n) is 8.35. The van der Waals surface area contributed by atoms with Crippen LogP contribution in [0.5, 0.6) is 0 Å². The lowest BCUT2D eigenvalue weighted by atomic mass is 10.1. The van der Waals surface area contributed by atoms with Crippen molar-refractivity contribution in [3.8, 4) is 0 Å². The van der Waals surface area contributed by atoms with Crippen molar-refractivity contribution >= 4 is 5.91 Å². The molecule has 2 atom stereocenters. The lowest BCUT2D eigenvalue weighted by Gasteiger charge is -2.37. The van der Waals surface area contributed by atoms with Crippen LogP contribution in [-0.2, 0) is 4.79 Å². The van der Waals surface area contributed by atoms with Crippen LogP contribution in [0.3, 0.4) is 0 Å². The van der Waals surface area contributed by atoms with Gasteiger partial charge in [-0.3, -0.25) is 15.0 Å². The van der Waals surface area contributed by atoms with E-state index in [1.165, 1.54) is 0 Å². The van der Waals surface area contributed by atoms with Crippen LogP contribution in [0.25, 0.3) is 0 Å². The molecule has 22 heavy (non-hydrogen) atoms. The van der Waals surface area contributed by atoms with Crippen LogP contribution in [0.1, 0.15) is 19.8 Å². The summed E-state index contributed by atoms with van der Waals surface area (Å²) in [6.45, 7) is 8.52. The molecule has 1 N–H and O–H groups in total. The highest BCUT2D eigenvalue weighted by Crippen LogP contribution is 2.27. The molecule has 0 spiro atoms. The van der Waals surface area contributed by atoms with Crippen molar-refractivity contribution in [3.63, 3.8) is 0 Å². The largest absolute Gasteiger partial charge is 0.340 e. The van der Waals surface area contributed by atoms with Gasteiger partial charge < -0.3 is 9.80 Å². The first-order chi connectivity index (χ1) is 10.5. The molecule has 0 bridgehead atoms. The van der Waals surface area contributed by atoms with Crippen LogP contribution in [0.2, 0.25) is 0 Å². The van der Waals surface area contributed by atoms with E-state index in [1.807, 2.05) is 0 Å². The van der Waals surface area contributed by atoms with Gasteiger partial charge in [0.2, 0.25) is 5.91 Å². The number of amides is 1. The van der Waals surface area contributed by atoms with Crippen molar-refractivity contribution in [2.24, 2.45) is 0 Å². The molecule has 3 aliphatic heterocycles. The summed E-state index contributed by atoms with van der Waals surface area (Å²) in [5.74, 6) is -2.89. The van der Waals surface area contributed by atoms with Gasteiger partial charge in [-0.05, 0) is 13.0 Å². The third-order valence-corrected chi connectivity index (χ3v) is 5.25. The highest BCUT2D eigenvalue weighted by molar-refractivity contribution is 5.82. The zero-order chi connectivity index (χ0) is 15.7. The molecular formula is C15H26F2N4O. The fraction of sp³-hybridized carbons (Fsp3) is 0.933. The van der Waals surface area contributed by atoms with Gasteiger partial charge in [0.15, 0.2) is 0 Å². The van der Waals surface area contributed by atoms with Gasteiger partial charge >= 0.3 is 0 Å². The van der Waals surface area contributed by atoms with E-state index >= 15 is 0 Å². The maximum Gasteiger partial charge on any atom is 0.262 e. The molecule has 0 radical (unpaired) electrons. The normalized spacial score (nSPS) is 33.5. The summed E-state index contributed by atoms with van der Waals surface area (Å²) in [6, 6.07) is -0.310. The van der Waals surface area contributed by atoms with Gasteiger partial charge in [-0.1, -0.05) is 6.92 Å². The van der Waals surface area contributed by atoms with Crippen LogP contribution in [0.4, 0.5) is 8.78 Å². The van der Waals surface area contributed by atoms with E-state index in [9.17, 15) is 13.6 Å². The number of hydrogen-bond donors (Lipinski definition) is 1. The minimum atomic E-state index is -2.74. The summed E-state index contributed by atoms with van der Waals surface area (Å²) in [4.78, 5) is 19.0. The van der Waals surface area contributed by atoms with Gasteiger partial charge in [0.05, 0.1) is 12.6 Å². The van der Waals surface area contributed by atoms with Crippen LogP contribution in [0, 0.1) is 0 Å². The van der Waals surface area contributed by atoms with E-state index in [0.717, 1.165) is 39.1 Å². The number of likely N-dealkylation sites (tertiary alicyclic amines) is 1. The SMILES string of the molecule is CCN1CCN(C2CCN(C(=O)C3CC(F)(F)CN3)C2)CC1. The average Bonchev–Trinajstić information content (AvgIpc) is 3.13. The lowest BCUT2D eigenvalue weighted by Crippen LogP contribution is -2.51. The van der Waals surface area contributed by atoms with Crippen LogP contribution < -0.4 is 5.32 Å². The Labute approximate surface area is 130 Å². The maximum atomic E-state index is 13.2. The summed E-state index contributed by atoms with van der Waals surface area (Å²) in [6.07, 6.45) is 0.600. The molecule has 2 unspecified atom stereocenters. The molecule has 0 aromatic carbocycles. The predicted molar refractivity (Wildman–Crippen MR) is 80.0 cm³/mol. The molecule has 126 valence electrons. The minimum Gasteiger partial charge on any atom is -0.340 e. The third-order valence-electron chi connectivity index (χ3n) is 5.25. The minimum absolute atomic E-state index is 0.146. The Kier molecular flexibility index (Phi) is 4.66. The zero-order valence-corrected chi connectivity index (χ0v) is 13.2. The number of likely N-dealkylation sites (N-methyl/N-ethyl adjacent to an activating group) is 1. The van der Waals surface area contributed by atoms with Gasteiger partial charge in [-0.25, -0.2) is 8.78 Å². The number of carbonyl (C=O) groups excluding carboxylic acids is 1. The number of rotatable bonds is 3. The van der Waals surface area contributed by atoms with Crippen LogP contribution in [-0.4, -0.2) is 91.0 Å². The summed E-state index contributed by atoms with van der Waals surface area (Å²) >= 11 is 0. The molecule has 0 saturated carbocycles. The van der Waals surface area contributed by atoms with Crippen molar-refractivity contribution in [1.29, 1.82) is 0 Å². The van der Waals surface area contributed by atoms with E-state index in [-0.39, 0.29) is 18.9 Å². The van der Waals surface area contributed by atoms with E-state index in [4.69, 9.17) is 0 Å². The smallest absolute Gasteiger partial charge is 0.262 e. The second kappa shape index (κ2) is 6.37. The molecule has 3 aliphatic rings. The summed E-state index contributed by atoms with van der Waals surface area (Å²) < 4.78 is 26.5. The van der Waals surface area contributed by atoms with Crippen LogP contribution in [0.15, 0.2) is 0 Å². The first-order valence-corrected chi connectivity index (χ1v) is 8.35. The van der Waals surface area contributed by atoms with E-state index in [1.54, 1.807) is 4.90 Å². The molecule has 0 aromatic rings. The van der Waals surface area contributed by atoms with Crippen molar-refractivity contribution in [1.82, 2.24) is 20.0 Å². The molecule has 0 aliphatic carbocycles. The molecular weight excluding hydrogens is 290 g/mol. The first kappa shape index (κ1) is 16.1. The number of piperazine rings is 1. The molecule has 3 saturated heterocycles. The Bertz CT molecular complexity index is 412. The standard InChI is InChI=1S/C15H26F2N4O/c1-2-19-5-7-20(8-6-19)12-3-4-21(10-12)14(22)13-9-15(16,17)11-18-13/h12-13,18H,2-11H2,1H3. The summed E-state index contributed by atoms with van der Waals surface area (Å²) in [5.41, 5.74) is 0. The second-order valence-electron chi connectivity index (χ2n) is 6.69. The average molecular weight is 316 g/mol. The number of hydrogen-bond acceptors (Lipinski definition) is 4.